The molecule has 0 bridgehead atoms. The maximum atomic E-state index is 11.2. The molecule has 0 atom stereocenters. The van der Waals surface area contributed by atoms with Crippen molar-refractivity contribution in [1.82, 2.24) is 0 Å². The van der Waals surface area contributed by atoms with Crippen molar-refractivity contribution in [2.75, 3.05) is 7.11 Å². The highest BCUT2D eigenvalue weighted by Gasteiger charge is 2.18. The Morgan fingerprint density at radius 2 is 2.06 bits per heavy atom. The summed E-state index contributed by atoms with van der Waals surface area (Å²) in [5.74, 6) is 0.784. The fourth-order valence-electron chi connectivity index (χ4n) is 1.79. The molecule has 86 valence electrons. The number of hydrogen-bond donors (Lipinski definition) is 1. The Kier molecular flexibility index (Phi) is 2.73. The Bertz CT molecular complexity index is 546. The minimum atomic E-state index is -3.55. The van der Waals surface area contributed by atoms with E-state index in [-0.39, 0.29) is 0 Å². The van der Waals surface area contributed by atoms with E-state index in [2.05, 4.69) is 0 Å². The third-order valence-corrected chi connectivity index (χ3v) is 3.73. The van der Waals surface area contributed by atoms with Crippen molar-refractivity contribution < 1.29 is 13.2 Å². The van der Waals surface area contributed by atoms with Crippen LogP contribution in [0.2, 0.25) is 0 Å². The van der Waals surface area contributed by atoms with E-state index in [1.807, 2.05) is 12.1 Å². The molecule has 0 unspecified atom stereocenters. The lowest BCUT2D eigenvalue weighted by Gasteiger charge is -2.15. The zero-order valence-corrected chi connectivity index (χ0v) is 9.75. The van der Waals surface area contributed by atoms with Gasteiger partial charge in [-0.3, -0.25) is 0 Å². The fraction of sp³-hybridized carbons (Fsp3) is 0.273. The van der Waals surface area contributed by atoms with Crippen LogP contribution in [0.1, 0.15) is 17.5 Å². The van der Waals surface area contributed by atoms with Crippen LogP contribution in [0.4, 0.5) is 0 Å². The number of nitrogens with two attached hydrogens (primary N) is 1. The second-order valence-corrected chi connectivity index (χ2v) is 5.33. The standard InChI is InChI=1S/C11H13NO3S/c1-15-10-4-2-9-7-11(16(12,13)14)5-3-8(9)6-10/h2,4,6-7H,3,5H2,1H3,(H2,12,13,14). The SMILES string of the molecule is COc1ccc2c(c1)CCC(S(N)(=O)=O)=C2. The van der Waals surface area contributed by atoms with Crippen molar-refractivity contribution in [3.8, 4) is 5.75 Å². The smallest absolute Gasteiger partial charge is 0.234 e. The maximum absolute atomic E-state index is 11.2. The van der Waals surface area contributed by atoms with E-state index in [1.165, 1.54) is 0 Å². The summed E-state index contributed by atoms with van der Waals surface area (Å²) in [5.41, 5.74) is 1.99. The van der Waals surface area contributed by atoms with Crippen LogP contribution in [0.3, 0.4) is 0 Å². The number of allylic oxidation sites excluding steroid dienone is 1. The summed E-state index contributed by atoms with van der Waals surface area (Å²) < 4.78 is 27.5. The maximum Gasteiger partial charge on any atom is 0.234 e. The molecule has 1 aromatic carbocycles. The molecular weight excluding hydrogens is 226 g/mol. The summed E-state index contributed by atoms with van der Waals surface area (Å²) >= 11 is 0. The van der Waals surface area contributed by atoms with Gasteiger partial charge in [-0.15, -0.1) is 0 Å². The van der Waals surface area contributed by atoms with Crippen molar-refractivity contribution in [2.24, 2.45) is 5.14 Å². The number of methoxy groups -OCH3 is 1. The van der Waals surface area contributed by atoms with Gasteiger partial charge in [-0.25, -0.2) is 13.6 Å². The first-order chi connectivity index (χ1) is 7.50. The number of benzene rings is 1. The lowest BCUT2D eigenvalue weighted by molar-refractivity contribution is 0.414. The molecule has 0 aromatic heterocycles. The van der Waals surface area contributed by atoms with Crippen molar-refractivity contribution >= 4 is 16.1 Å². The lowest BCUT2D eigenvalue weighted by atomic mass is 9.97. The molecule has 1 aliphatic rings. The number of aryl methyl sites for hydroxylation is 1. The quantitative estimate of drug-likeness (QED) is 0.845. The molecule has 0 saturated heterocycles. The Morgan fingerprint density at radius 1 is 1.31 bits per heavy atom. The normalized spacial score (nSPS) is 15.2. The molecule has 0 saturated carbocycles. The summed E-state index contributed by atoms with van der Waals surface area (Å²) in [4.78, 5) is 0.296. The summed E-state index contributed by atoms with van der Waals surface area (Å²) in [6.07, 6.45) is 2.77. The van der Waals surface area contributed by atoms with Gasteiger partial charge in [-0.05, 0) is 42.2 Å². The third kappa shape index (κ3) is 2.10. The van der Waals surface area contributed by atoms with Crippen LogP contribution in [0, 0.1) is 0 Å². The number of hydrogen-bond acceptors (Lipinski definition) is 3. The molecule has 1 aromatic rings. The van der Waals surface area contributed by atoms with E-state index >= 15 is 0 Å². The van der Waals surface area contributed by atoms with Gasteiger partial charge in [0.25, 0.3) is 0 Å². The molecule has 0 spiro atoms. The van der Waals surface area contributed by atoms with Gasteiger partial charge < -0.3 is 4.74 Å². The minimum absolute atomic E-state index is 0.296. The van der Waals surface area contributed by atoms with Gasteiger partial charge in [0.15, 0.2) is 0 Å². The van der Waals surface area contributed by atoms with Crippen LogP contribution in [0.25, 0.3) is 6.08 Å². The van der Waals surface area contributed by atoms with Crippen LogP contribution in [-0.4, -0.2) is 15.5 Å². The van der Waals surface area contributed by atoms with E-state index in [0.29, 0.717) is 17.7 Å². The number of primary sulfonamides is 1. The Morgan fingerprint density at radius 3 is 2.69 bits per heavy atom. The van der Waals surface area contributed by atoms with Gasteiger partial charge in [-0.1, -0.05) is 6.07 Å². The first-order valence-electron chi connectivity index (χ1n) is 4.91. The number of fused-ring (bicyclic) bond motifs is 1. The van der Waals surface area contributed by atoms with Gasteiger partial charge in [0.1, 0.15) is 5.75 Å². The highest BCUT2D eigenvalue weighted by molar-refractivity contribution is 7.93. The van der Waals surface area contributed by atoms with Crippen LogP contribution < -0.4 is 9.88 Å². The predicted octanol–water partition coefficient (Wildman–Crippen LogP) is 1.27. The summed E-state index contributed by atoms with van der Waals surface area (Å²) in [6, 6.07) is 5.58. The van der Waals surface area contributed by atoms with E-state index in [1.54, 1.807) is 19.3 Å². The first kappa shape index (κ1) is 11.2. The van der Waals surface area contributed by atoms with Gasteiger partial charge in [0.2, 0.25) is 10.0 Å². The van der Waals surface area contributed by atoms with Crippen molar-refractivity contribution in [1.29, 1.82) is 0 Å². The first-order valence-corrected chi connectivity index (χ1v) is 6.45. The van der Waals surface area contributed by atoms with Gasteiger partial charge in [0, 0.05) is 0 Å². The van der Waals surface area contributed by atoms with Crippen LogP contribution >= 0.6 is 0 Å². The van der Waals surface area contributed by atoms with E-state index in [9.17, 15) is 8.42 Å². The minimum Gasteiger partial charge on any atom is -0.497 e. The lowest BCUT2D eigenvalue weighted by Crippen LogP contribution is -2.17. The molecule has 4 nitrogen and oxygen atoms in total. The molecule has 0 heterocycles. The molecule has 2 N–H and O–H groups in total. The number of ether oxygens (including phenoxy) is 1. The molecule has 0 aliphatic heterocycles. The van der Waals surface area contributed by atoms with Gasteiger partial charge >= 0.3 is 0 Å². The summed E-state index contributed by atoms with van der Waals surface area (Å²) in [6.45, 7) is 0. The average Bonchev–Trinajstić information content (AvgIpc) is 2.26. The average molecular weight is 239 g/mol. The fourth-order valence-corrected chi connectivity index (χ4v) is 2.47. The van der Waals surface area contributed by atoms with Gasteiger partial charge in [0.05, 0.1) is 12.0 Å². The molecule has 5 heteroatoms. The van der Waals surface area contributed by atoms with E-state index in [0.717, 1.165) is 16.9 Å². The second-order valence-electron chi connectivity index (χ2n) is 3.72. The third-order valence-electron chi connectivity index (χ3n) is 2.67. The summed E-state index contributed by atoms with van der Waals surface area (Å²) in [7, 11) is -1.95. The van der Waals surface area contributed by atoms with Crippen LogP contribution in [-0.2, 0) is 16.4 Å². The van der Waals surface area contributed by atoms with Crippen molar-refractivity contribution in [3.05, 3.63) is 34.2 Å². The van der Waals surface area contributed by atoms with E-state index in [4.69, 9.17) is 9.88 Å². The molecule has 2 rings (SSSR count). The highest BCUT2D eigenvalue weighted by atomic mass is 32.2. The largest absolute Gasteiger partial charge is 0.497 e. The summed E-state index contributed by atoms with van der Waals surface area (Å²) in [5, 5.41) is 5.10. The van der Waals surface area contributed by atoms with Crippen molar-refractivity contribution in [3.63, 3.8) is 0 Å². The highest BCUT2D eigenvalue weighted by Crippen LogP contribution is 2.28. The van der Waals surface area contributed by atoms with Crippen LogP contribution in [0.5, 0.6) is 5.75 Å². The predicted molar refractivity (Wildman–Crippen MR) is 62.4 cm³/mol. The molecule has 16 heavy (non-hydrogen) atoms. The molecule has 1 aliphatic carbocycles. The molecular formula is C11H13NO3S. The van der Waals surface area contributed by atoms with Crippen LogP contribution in [0.15, 0.2) is 23.1 Å². The van der Waals surface area contributed by atoms with E-state index < -0.39 is 10.0 Å². The number of sulfonamides is 1. The zero-order valence-electron chi connectivity index (χ0n) is 8.93. The molecule has 0 fully saturated rings. The Hall–Kier alpha value is -1.33. The topological polar surface area (TPSA) is 69.4 Å². The zero-order chi connectivity index (χ0) is 11.8. The monoisotopic (exact) mass is 239 g/mol. The number of rotatable bonds is 2. The molecule has 0 amide bonds. The van der Waals surface area contributed by atoms with Crippen molar-refractivity contribution in [2.45, 2.75) is 12.8 Å². The van der Waals surface area contributed by atoms with Gasteiger partial charge in [-0.2, -0.15) is 0 Å². The Labute approximate surface area is 94.8 Å². The molecule has 0 radical (unpaired) electrons. The Balaban J connectivity index is 2.46. The second kappa shape index (κ2) is 3.92.